The zero-order valence-electron chi connectivity index (χ0n) is 16.5. The summed E-state index contributed by atoms with van der Waals surface area (Å²) in [6.07, 6.45) is 22.3. The molecule has 4 heteroatoms. The van der Waals surface area contributed by atoms with Crippen molar-refractivity contribution < 1.29 is 14.5 Å². The molecule has 0 unspecified atom stereocenters. The molecule has 25 heavy (non-hydrogen) atoms. The van der Waals surface area contributed by atoms with Gasteiger partial charge in [0.05, 0.1) is 13.6 Å². The van der Waals surface area contributed by atoms with E-state index in [9.17, 15) is 9.90 Å². The van der Waals surface area contributed by atoms with Gasteiger partial charge in [0.2, 0.25) is 0 Å². The van der Waals surface area contributed by atoms with E-state index in [0.717, 1.165) is 13.0 Å². The first kappa shape index (κ1) is 21.7. The number of aromatic carboxylic acids is 1. The minimum Gasteiger partial charge on any atom is -0.538 e. The minimum absolute atomic E-state index is 0.259. The highest BCUT2D eigenvalue weighted by Gasteiger charge is 2.14. The van der Waals surface area contributed by atoms with Crippen LogP contribution in [-0.4, -0.2) is 10.5 Å². The first-order valence-corrected chi connectivity index (χ1v) is 10.4. The Morgan fingerprint density at radius 1 is 0.880 bits per heavy atom. The Kier molecular flexibility index (Phi) is 12.1. The highest BCUT2D eigenvalue weighted by molar-refractivity contribution is 5.79. The summed E-state index contributed by atoms with van der Waals surface area (Å²) in [7, 11) is 1.74. The second-order valence-electron chi connectivity index (χ2n) is 7.31. The summed E-state index contributed by atoms with van der Waals surface area (Å²) in [4.78, 5) is 11.1. The zero-order valence-corrected chi connectivity index (χ0v) is 16.5. The lowest BCUT2D eigenvalue weighted by atomic mass is 10.0. The molecule has 0 saturated heterocycles. The maximum absolute atomic E-state index is 11.1. The van der Waals surface area contributed by atoms with E-state index in [-0.39, 0.29) is 5.82 Å². The number of hydrogen-bond donors (Lipinski definition) is 0. The summed E-state index contributed by atoms with van der Waals surface area (Å²) in [6.45, 7) is 3.04. The third-order valence-electron chi connectivity index (χ3n) is 5.01. The number of carboxylic acids is 1. The Bertz CT molecular complexity index is 468. The first-order valence-electron chi connectivity index (χ1n) is 10.4. The van der Waals surface area contributed by atoms with Crippen molar-refractivity contribution in [2.75, 3.05) is 0 Å². The van der Waals surface area contributed by atoms with Gasteiger partial charge in [-0.1, -0.05) is 84.0 Å². The number of carboxylic acid groups (broad SMARTS) is 1. The maximum atomic E-state index is 11.1. The van der Waals surface area contributed by atoms with E-state index in [2.05, 4.69) is 6.92 Å². The number of carbonyl (C=O) groups excluding carboxylic acids is 1. The van der Waals surface area contributed by atoms with Crippen LogP contribution in [-0.2, 0) is 13.6 Å². The molecule has 0 fully saturated rings. The molecule has 1 aromatic heterocycles. The number of unbranched alkanes of at least 4 members (excludes halogenated alkanes) is 13. The van der Waals surface area contributed by atoms with Crippen LogP contribution >= 0.6 is 0 Å². The normalized spacial score (nSPS) is 11.1. The number of imidazole rings is 1. The molecule has 0 aliphatic heterocycles. The molecule has 0 spiro atoms. The molecule has 0 aromatic carbocycles. The Hall–Kier alpha value is -1.32. The quantitative estimate of drug-likeness (QED) is 0.332. The van der Waals surface area contributed by atoms with Crippen LogP contribution in [0.1, 0.15) is 107 Å². The lowest BCUT2D eigenvalue weighted by Crippen LogP contribution is -2.41. The predicted octanol–water partition coefficient (Wildman–Crippen LogP) is 4.16. The van der Waals surface area contributed by atoms with Crippen molar-refractivity contribution in [3.63, 3.8) is 0 Å². The molecular weight excluding hydrogens is 312 g/mol. The molecule has 0 radical (unpaired) electrons. The third kappa shape index (κ3) is 9.66. The zero-order chi connectivity index (χ0) is 18.3. The van der Waals surface area contributed by atoms with Gasteiger partial charge in [-0.3, -0.25) is 0 Å². The van der Waals surface area contributed by atoms with E-state index in [1.807, 2.05) is 6.20 Å². The molecule has 0 aliphatic carbocycles. The van der Waals surface area contributed by atoms with Gasteiger partial charge >= 0.3 is 5.82 Å². The van der Waals surface area contributed by atoms with Crippen molar-refractivity contribution in [3.05, 3.63) is 18.2 Å². The smallest absolute Gasteiger partial charge is 0.304 e. The first-order chi connectivity index (χ1) is 12.2. The molecule has 0 saturated carbocycles. The number of rotatable bonds is 16. The average Bonchev–Trinajstić information content (AvgIpc) is 2.96. The number of nitrogens with zero attached hydrogens (tertiary/aromatic N) is 2. The van der Waals surface area contributed by atoms with E-state index in [1.54, 1.807) is 22.4 Å². The van der Waals surface area contributed by atoms with Gasteiger partial charge in [0, 0.05) is 0 Å². The van der Waals surface area contributed by atoms with Gasteiger partial charge in [0.15, 0.2) is 5.97 Å². The highest BCUT2D eigenvalue weighted by Crippen LogP contribution is 2.13. The van der Waals surface area contributed by atoms with Crippen LogP contribution < -0.4 is 9.67 Å². The molecule has 0 amide bonds. The number of hydrogen-bond acceptors (Lipinski definition) is 2. The number of aromatic nitrogens is 2. The van der Waals surface area contributed by atoms with Crippen molar-refractivity contribution in [2.24, 2.45) is 7.05 Å². The summed E-state index contributed by atoms with van der Waals surface area (Å²) in [5, 5.41) is 11.1. The fraction of sp³-hybridized carbons (Fsp3) is 0.810. The number of carbonyl (C=O) groups is 1. The molecule has 144 valence electrons. The van der Waals surface area contributed by atoms with Crippen LogP contribution in [0.15, 0.2) is 12.4 Å². The van der Waals surface area contributed by atoms with Crippen LogP contribution in [0.2, 0.25) is 0 Å². The molecule has 0 atom stereocenters. The van der Waals surface area contributed by atoms with Gasteiger partial charge in [-0.15, -0.1) is 0 Å². The minimum atomic E-state index is -1.10. The summed E-state index contributed by atoms with van der Waals surface area (Å²) < 4.78 is 3.40. The summed E-state index contributed by atoms with van der Waals surface area (Å²) >= 11 is 0. The van der Waals surface area contributed by atoms with E-state index >= 15 is 0 Å². The van der Waals surface area contributed by atoms with Crippen LogP contribution in [0.5, 0.6) is 0 Å². The van der Waals surface area contributed by atoms with Crippen LogP contribution in [0.3, 0.4) is 0 Å². The second-order valence-corrected chi connectivity index (χ2v) is 7.31. The predicted molar refractivity (Wildman–Crippen MR) is 100 cm³/mol. The average molecular weight is 351 g/mol. The SMILES string of the molecule is CCCCCCCCCCCCCCCCn1cc[n+](C)c1C(=O)[O-]. The van der Waals surface area contributed by atoms with Gasteiger partial charge in [0.25, 0.3) is 0 Å². The van der Waals surface area contributed by atoms with E-state index in [4.69, 9.17) is 0 Å². The maximum Gasteiger partial charge on any atom is 0.304 e. The largest absolute Gasteiger partial charge is 0.538 e. The Morgan fingerprint density at radius 3 is 1.76 bits per heavy atom. The fourth-order valence-electron chi connectivity index (χ4n) is 3.44. The van der Waals surface area contributed by atoms with Crippen LogP contribution in [0, 0.1) is 0 Å². The molecule has 4 nitrogen and oxygen atoms in total. The van der Waals surface area contributed by atoms with Crippen molar-refractivity contribution in [1.82, 2.24) is 4.57 Å². The summed E-state index contributed by atoms with van der Waals surface area (Å²) in [5.41, 5.74) is 0. The Labute approximate surface area is 154 Å². The van der Waals surface area contributed by atoms with Crippen molar-refractivity contribution in [1.29, 1.82) is 0 Å². The molecule has 0 N–H and O–H groups in total. The molecular formula is C21H38N2O2. The third-order valence-corrected chi connectivity index (χ3v) is 5.01. The monoisotopic (exact) mass is 350 g/mol. The summed E-state index contributed by atoms with van der Waals surface area (Å²) in [6, 6.07) is 0. The van der Waals surface area contributed by atoms with Gasteiger partial charge < -0.3 is 9.90 Å². The Morgan fingerprint density at radius 2 is 1.32 bits per heavy atom. The second kappa shape index (κ2) is 13.9. The Balaban J connectivity index is 1.90. The molecule has 0 aliphatic rings. The molecule has 1 heterocycles. The topological polar surface area (TPSA) is 48.9 Å². The molecule has 0 bridgehead atoms. The van der Waals surface area contributed by atoms with E-state index < -0.39 is 5.97 Å². The molecule has 1 aromatic rings. The molecule has 1 rings (SSSR count). The lowest BCUT2D eigenvalue weighted by Gasteiger charge is -2.04. The van der Waals surface area contributed by atoms with Crippen molar-refractivity contribution in [2.45, 2.75) is 103 Å². The number of aryl methyl sites for hydroxylation is 2. The van der Waals surface area contributed by atoms with Crippen LogP contribution in [0.25, 0.3) is 0 Å². The van der Waals surface area contributed by atoms with Gasteiger partial charge in [0.1, 0.15) is 12.4 Å². The van der Waals surface area contributed by atoms with Crippen molar-refractivity contribution in [3.8, 4) is 0 Å². The fourth-order valence-corrected chi connectivity index (χ4v) is 3.44. The standard InChI is InChI=1S/C21H38N2O2/c1-3-4-5-6-7-8-9-10-11-12-13-14-15-16-17-23-19-18-22(2)20(23)21(24)25/h18-19H,3-17H2,1-2H3. The van der Waals surface area contributed by atoms with E-state index in [0.29, 0.717) is 0 Å². The van der Waals surface area contributed by atoms with Gasteiger partial charge in [-0.05, 0) is 12.8 Å². The lowest BCUT2D eigenvalue weighted by molar-refractivity contribution is -0.675. The van der Waals surface area contributed by atoms with E-state index in [1.165, 1.54) is 83.5 Å². The van der Waals surface area contributed by atoms with Gasteiger partial charge in [-0.25, -0.2) is 9.13 Å². The highest BCUT2D eigenvalue weighted by atomic mass is 16.4. The van der Waals surface area contributed by atoms with Crippen molar-refractivity contribution >= 4 is 5.97 Å². The van der Waals surface area contributed by atoms with Gasteiger partial charge in [-0.2, -0.15) is 0 Å². The summed E-state index contributed by atoms with van der Waals surface area (Å²) in [5.74, 6) is -0.840. The van der Waals surface area contributed by atoms with Crippen LogP contribution in [0.4, 0.5) is 0 Å².